The average Bonchev–Trinajstić information content (AvgIpc) is 2.76. The number of hydrogen-bond donors (Lipinski definition) is 0. The van der Waals surface area contributed by atoms with Crippen molar-refractivity contribution in [3.63, 3.8) is 0 Å². The van der Waals surface area contributed by atoms with Gasteiger partial charge in [0, 0.05) is 0 Å². The number of hydrogen-bond acceptors (Lipinski definition) is 1. The van der Waals surface area contributed by atoms with E-state index in [-0.39, 0.29) is 0 Å². The molecule has 0 bridgehead atoms. The van der Waals surface area contributed by atoms with Crippen LogP contribution in [0.15, 0.2) is 109 Å². The highest BCUT2D eigenvalue weighted by Crippen LogP contribution is 2.37. The summed E-state index contributed by atoms with van der Waals surface area (Å²) in [5, 5.41) is 13.3. The van der Waals surface area contributed by atoms with E-state index >= 15 is 0 Å². The summed E-state index contributed by atoms with van der Waals surface area (Å²) >= 11 is 0. The van der Waals surface area contributed by atoms with Gasteiger partial charge in [-0.05, 0) is 47.1 Å². The fraction of sp³-hybridized carbons (Fsp3) is 0. The van der Waals surface area contributed by atoms with E-state index in [1.54, 1.807) is 0 Å². The van der Waals surface area contributed by atoms with Crippen molar-refractivity contribution in [1.29, 1.82) is 5.26 Å². The van der Waals surface area contributed by atoms with Crippen molar-refractivity contribution < 1.29 is 0 Å². The van der Waals surface area contributed by atoms with Gasteiger partial charge in [-0.3, -0.25) is 0 Å². The molecule has 0 aliphatic heterocycles. The molecule has 0 atom stereocenters. The molecule has 0 heterocycles. The Morgan fingerprint density at radius 1 is 0.593 bits per heavy atom. The Kier molecular flexibility index (Phi) is 5.10. The molecule has 0 spiro atoms. The second-order valence-corrected chi connectivity index (χ2v) is 8.40. The van der Waals surface area contributed by atoms with Gasteiger partial charge in [-0.1, -0.05) is 97.1 Å². The molecule has 0 aromatic heterocycles. The summed E-state index contributed by atoms with van der Waals surface area (Å²) in [7, 11) is -0.763. The normalized spacial score (nSPS) is 10.5. The fourth-order valence-electron chi connectivity index (χ4n) is 3.23. The van der Waals surface area contributed by atoms with Crippen LogP contribution in [0.1, 0.15) is 5.56 Å². The highest BCUT2D eigenvalue weighted by molar-refractivity contribution is 7.80. The van der Waals surface area contributed by atoms with Crippen LogP contribution in [0.3, 0.4) is 0 Å². The van der Waals surface area contributed by atoms with E-state index in [0.717, 1.165) is 0 Å². The summed E-state index contributed by atoms with van der Waals surface area (Å²) in [6.07, 6.45) is 0. The van der Waals surface area contributed by atoms with E-state index in [0.29, 0.717) is 5.56 Å². The molecule has 4 aromatic carbocycles. The maximum atomic E-state index is 9.50. The lowest BCUT2D eigenvalue weighted by atomic mass is 10.0. The first-order valence-corrected chi connectivity index (χ1v) is 10.2. The highest BCUT2D eigenvalue weighted by atomic mass is 31.1. The van der Waals surface area contributed by atoms with Gasteiger partial charge < -0.3 is 0 Å². The summed E-state index contributed by atoms with van der Waals surface area (Å²) in [5.41, 5.74) is 3.06. The number of rotatable bonds is 4. The molecule has 0 saturated carbocycles. The Bertz CT molecular complexity index is 1030. The van der Waals surface area contributed by atoms with Crippen LogP contribution >= 0.6 is 7.92 Å². The van der Waals surface area contributed by atoms with Crippen LogP contribution in [0.4, 0.5) is 0 Å². The first kappa shape index (κ1) is 17.2. The molecule has 0 amide bonds. The first-order chi connectivity index (χ1) is 13.4. The van der Waals surface area contributed by atoms with Crippen LogP contribution in [0.5, 0.6) is 0 Å². The lowest BCUT2D eigenvalue weighted by Crippen LogP contribution is -2.22. The lowest BCUT2D eigenvalue weighted by molar-refractivity contribution is 1.49. The predicted molar refractivity (Wildman–Crippen MR) is 115 cm³/mol. The molecule has 128 valence electrons. The van der Waals surface area contributed by atoms with Crippen LogP contribution in [0.25, 0.3) is 11.1 Å². The van der Waals surface area contributed by atoms with Gasteiger partial charge in [-0.25, -0.2) is 0 Å². The minimum absolute atomic E-state index is 0.698. The zero-order valence-electron chi connectivity index (χ0n) is 14.8. The molecule has 0 radical (unpaired) electrons. The van der Waals surface area contributed by atoms with Crippen molar-refractivity contribution in [3.8, 4) is 17.2 Å². The van der Waals surface area contributed by atoms with Crippen molar-refractivity contribution >= 4 is 23.8 Å². The van der Waals surface area contributed by atoms with E-state index in [2.05, 4.69) is 91.0 Å². The highest BCUT2D eigenvalue weighted by Gasteiger charge is 2.20. The van der Waals surface area contributed by atoms with Crippen molar-refractivity contribution in [1.82, 2.24) is 0 Å². The van der Waals surface area contributed by atoms with Gasteiger partial charge >= 0.3 is 0 Å². The number of nitriles is 1. The zero-order chi connectivity index (χ0) is 18.5. The van der Waals surface area contributed by atoms with Crippen molar-refractivity contribution in [2.75, 3.05) is 0 Å². The Hall–Kier alpha value is -3.20. The smallest absolute Gasteiger partial charge is 0.0991 e. The SMILES string of the molecule is N#Cc1ccc(-c2ccccc2)c(P(c2ccccc2)c2ccccc2)c1. The van der Waals surface area contributed by atoms with E-state index in [4.69, 9.17) is 0 Å². The molecule has 0 saturated heterocycles. The maximum Gasteiger partial charge on any atom is 0.0991 e. The van der Waals surface area contributed by atoms with E-state index in [1.165, 1.54) is 27.0 Å². The molecule has 0 aliphatic carbocycles. The molecule has 0 fully saturated rings. The van der Waals surface area contributed by atoms with Gasteiger partial charge in [-0.2, -0.15) is 5.26 Å². The third-order valence-electron chi connectivity index (χ3n) is 4.48. The molecule has 0 aliphatic rings. The Labute approximate surface area is 161 Å². The molecule has 4 rings (SSSR count). The van der Waals surface area contributed by atoms with Crippen molar-refractivity contribution in [2.45, 2.75) is 0 Å². The largest absolute Gasteiger partial charge is 0.192 e. The van der Waals surface area contributed by atoms with E-state index in [9.17, 15) is 5.26 Å². The lowest BCUT2D eigenvalue weighted by Gasteiger charge is -2.22. The fourth-order valence-corrected chi connectivity index (χ4v) is 5.74. The van der Waals surface area contributed by atoms with Gasteiger partial charge in [0.2, 0.25) is 0 Å². The maximum absolute atomic E-state index is 9.50. The van der Waals surface area contributed by atoms with Gasteiger partial charge in [0.05, 0.1) is 11.6 Å². The molecule has 4 aromatic rings. The van der Waals surface area contributed by atoms with E-state index < -0.39 is 7.92 Å². The summed E-state index contributed by atoms with van der Waals surface area (Å²) in [4.78, 5) is 0. The van der Waals surface area contributed by atoms with E-state index in [1.807, 2.05) is 24.3 Å². The minimum Gasteiger partial charge on any atom is -0.192 e. The molecule has 2 heteroatoms. The van der Waals surface area contributed by atoms with Crippen molar-refractivity contribution in [2.24, 2.45) is 0 Å². The predicted octanol–water partition coefficient (Wildman–Crippen LogP) is 4.98. The topological polar surface area (TPSA) is 23.8 Å². The van der Waals surface area contributed by atoms with Crippen LogP contribution in [-0.2, 0) is 0 Å². The summed E-state index contributed by atoms with van der Waals surface area (Å²) in [6, 6.07) is 40.0. The van der Waals surface area contributed by atoms with Gasteiger partial charge in [0.1, 0.15) is 0 Å². The van der Waals surface area contributed by atoms with Gasteiger partial charge in [0.25, 0.3) is 0 Å². The summed E-state index contributed by atoms with van der Waals surface area (Å²) in [6.45, 7) is 0. The molecule has 1 nitrogen and oxygen atoms in total. The second kappa shape index (κ2) is 8.00. The van der Waals surface area contributed by atoms with Crippen molar-refractivity contribution in [3.05, 3.63) is 115 Å². The monoisotopic (exact) mass is 363 g/mol. The van der Waals surface area contributed by atoms with Crippen LogP contribution in [-0.4, -0.2) is 0 Å². The standard InChI is InChI=1S/C25H18NP/c26-19-20-16-17-24(21-10-4-1-5-11-21)25(18-20)27(22-12-6-2-7-13-22)23-14-8-3-9-15-23/h1-18H. The second-order valence-electron chi connectivity index (χ2n) is 6.22. The first-order valence-electron chi connectivity index (χ1n) is 8.86. The summed E-state index contributed by atoms with van der Waals surface area (Å²) in [5.74, 6) is 0. The Morgan fingerprint density at radius 2 is 1.11 bits per heavy atom. The molecule has 0 unspecified atom stereocenters. The minimum atomic E-state index is -0.763. The van der Waals surface area contributed by atoms with Crippen LogP contribution in [0.2, 0.25) is 0 Å². The quantitative estimate of drug-likeness (QED) is 0.469. The third-order valence-corrected chi connectivity index (χ3v) is 6.96. The summed E-state index contributed by atoms with van der Waals surface area (Å²) < 4.78 is 0. The molecule has 0 N–H and O–H groups in total. The molecular formula is C25H18NP. The Balaban J connectivity index is 1.99. The third kappa shape index (κ3) is 3.68. The van der Waals surface area contributed by atoms with Gasteiger partial charge in [-0.15, -0.1) is 0 Å². The molecule has 27 heavy (non-hydrogen) atoms. The zero-order valence-corrected chi connectivity index (χ0v) is 15.7. The average molecular weight is 363 g/mol. The number of benzene rings is 4. The van der Waals surface area contributed by atoms with Crippen LogP contribution in [0, 0.1) is 11.3 Å². The molecular weight excluding hydrogens is 345 g/mol. The van der Waals surface area contributed by atoms with Gasteiger partial charge in [0.15, 0.2) is 0 Å². The Morgan fingerprint density at radius 3 is 1.63 bits per heavy atom. The number of nitrogens with zero attached hydrogens (tertiary/aromatic N) is 1. The van der Waals surface area contributed by atoms with Crippen LogP contribution < -0.4 is 15.9 Å².